The molecule has 1 aliphatic rings. The van der Waals surface area contributed by atoms with Gasteiger partial charge in [-0.3, -0.25) is 14.7 Å². The van der Waals surface area contributed by atoms with Gasteiger partial charge >= 0.3 is 0 Å². The van der Waals surface area contributed by atoms with Crippen molar-refractivity contribution in [3.05, 3.63) is 102 Å². The highest BCUT2D eigenvalue weighted by Crippen LogP contribution is 2.25. The van der Waals surface area contributed by atoms with Gasteiger partial charge in [-0.05, 0) is 36.8 Å². The van der Waals surface area contributed by atoms with Crippen molar-refractivity contribution in [2.24, 2.45) is 0 Å². The van der Waals surface area contributed by atoms with E-state index in [1.54, 1.807) is 17.1 Å². The normalized spacial score (nSPS) is 14.4. The van der Waals surface area contributed by atoms with Crippen molar-refractivity contribution in [3.8, 4) is 16.9 Å². The lowest BCUT2D eigenvalue weighted by atomic mass is 10.1. The van der Waals surface area contributed by atoms with Gasteiger partial charge < -0.3 is 4.90 Å². The van der Waals surface area contributed by atoms with Gasteiger partial charge in [0.1, 0.15) is 5.69 Å². The fourth-order valence-electron chi connectivity index (χ4n) is 4.31. The maximum atomic E-state index is 13.6. The van der Waals surface area contributed by atoms with E-state index in [1.807, 2.05) is 53.6 Å². The van der Waals surface area contributed by atoms with E-state index >= 15 is 0 Å². The van der Waals surface area contributed by atoms with Gasteiger partial charge in [0.15, 0.2) is 0 Å². The zero-order valence-electron chi connectivity index (χ0n) is 18.8. The number of nitrogens with zero attached hydrogens (tertiary/aromatic N) is 5. The quantitative estimate of drug-likeness (QED) is 0.470. The number of carbonyl (C=O) groups excluding carboxylic acids is 1. The second-order valence-corrected chi connectivity index (χ2v) is 8.47. The van der Waals surface area contributed by atoms with Crippen LogP contribution in [-0.2, 0) is 6.54 Å². The molecule has 6 heteroatoms. The molecular formula is C27H27N5O. The predicted octanol–water partition coefficient (Wildman–Crippen LogP) is 4.20. The third kappa shape index (κ3) is 4.71. The molecule has 2 aromatic heterocycles. The molecule has 0 aliphatic carbocycles. The Kier molecular flexibility index (Phi) is 6.00. The molecule has 1 amide bonds. The van der Waals surface area contributed by atoms with Crippen LogP contribution in [0.2, 0.25) is 0 Å². The molecule has 0 bridgehead atoms. The average Bonchev–Trinajstić information content (AvgIpc) is 3.31. The van der Waals surface area contributed by atoms with Crippen molar-refractivity contribution < 1.29 is 4.79 Å². The van der Waals surface area contributed by atoms with E-state index in [0.29, 0.717) is 24.3 Å². The largest absolute Gasteiger partial charge is 0.336 e. The Morgan fingerprint density at radius 1 is 0.939 bits per heavy atom. The Labute approximate surface area is 194 Å². The lowest BCUT2D eigenvalue weighted by Crippen LogP contribution is -2.48. The number of aromatic nitrogens is 3. The Balaban J connectivity index is 1.35. The van der Waals surface area contributed by atoms with Crippen LogP contribution in [-0.4, -0.2) is 56.7 Å². The third-order valence-corrected chi connectivity index (χ3v) is 6.05. The molecule has 2 aromatic carbocycles. The zero-order valence-corrected chi connectivity index (χ0v) is 18.8. The van der Waals surface area contributed by atoms with Gasteiger partial charge in [-0.1, -0.05) is 48.0 Å². The number of carbonyl (C=O) groups is 1. The van der Waals surface area contributed by atoms with Gasteiger partial charge in [0.05, 0.1) is 11.3 Å². The number of pyridine rings is 1. The third-order valence-electron chi connectivity index (χ3n) is 6.05. The minimum atomic E-state index is 0.0197. The van der Waals surface area contributed by atoms with Crippen LogP contribution < -0.4 is 0 Å². The maximum Gasteiger partial charge on any atom is 0.257 e. The van der Waals surface area contributed by atoms with E-state index in [9.17, 15) is 4.79 Å². The van der Waals surface area contributed by atoms with Crippen molar-refractivity contribution in [2.75, 3.05) is 26.2 Å². The highest BCUT2D eigenvalue weighted by atomic mass is 16.2. The zero-order chi connectivity index (χ0) is 22.6. The minimum absolute atomic E-state index is 0.0197. The number of aryl methyl sites for hydroxylation is 1. The van der Waals surface area contributed by atoms with Crippen LogP contribution in [0.25, 0.3) is 16.9 Å². The van der Waals surface area contributed by atoms with Gasteiger partial charge in [0.25, 0.3) is 5.91 Å². The van der Waals surface area contributed by atoms with Gasteiger partial charge in [0.2, 0.25) is 0 Å². The molecule has 4 aromatic rings. The fraction of sp³-hybridized carbons (Fsp3) is 0.222. The molecule has 33 heavy (non-hydrogen) atoms. The molecule has 0 N–H and O–H groups in total. The van der Waals surface area contributed by atoms with Crippen molar-refractivity contribution in [1.82, 2.24) is 24.6 Å². The molecule has 1 aliphatic heterocycles. The van der Waals surface area contributed by atoms with Crippen LogP contribution in [0.15, 0.2) is 85.3 Å². The van der Waals surface area contributed by atoms with E-state index in [0.717, 1.165) is 30.9 Å². The van der Waals surface area contributed by atoms with Crippen LogP contribution >= 0.6 is 0 Å². The molecule has 0 unspecified atom stereocenters. The molecule has 3 heterocycles. The molecule has 5 rings (SSSR count). The summed E-state index contributed by atoms with van der Waals surface area (Å²) in [5.74, 6) is 0.0197. The maximum absolute atomic E-state index is 13.6. The summed E-state index contributed by atoms with van der Waals surface area (Å²) in [6, 6.07) is 22.3. The number of para-hydroxylation sites is 1. The number of hydrogen-bond acceptors (Lipinski definition) is 4. The summed E-state index contributed by atoms with van der Waals surface area (Å²) in [4.78, 5) is 22.2. The smallest absolute Gasteiger partial charge is 0.257 e. The Hall–Kier alpha value is -3.77. The number of amides is 1. The molecule has 6 nitrogen and oxygen atoms in total. The van der Waals surface area contributed by atoms with Crippen LogP contribution in [0, 0.1) is 6.92 Å². The summed E-state index contributed by atoms with van der Waals surface area (Å²) < 4.78 is 1.78. The first kappa shape index (κ1) is 21.1. The summed E-state index contributed by atoms with van der Waals surface area (Å²) in [5, 5.41) is 4.76. The summed E-state index contributed by atoms with van der Waals surface area (Å²) in [7, 11) is 0. The second-order valence-electron chi connectivity index (χ2n) is 8.47. The first-order chi connectivity index (χ1) is 16.2. The van der Waals surface area contributed by atoms with Crippen molar-refractivity contribution in [3.63, 3.8) is 0 Å². The van der Waals surface area contributed by atoms with Crippen LogP contribution in [0.3, 0.4) is 0 Å². The number of piperazine rings is 1. The van der Waals surface area contributed by atoms with Gasteiger partial charge in [-0.25, -0.2) is 4.68 Å². The average molecular weight is 438 g/mol. The highest BCUT2D eigenvalue weighted by molar-refractivity contribution is 6.00. The minimum Gasteiger partial charge on any atom is -0.336 e. The first-order valence-electron chi connectivity index (χ1n) is 11.3. The molecule has 0 atom stereocenters. The van der Waals surface area contributed by atoms with E-state index in [-0.39, 0.29) is 5.91 Å². The van der Waals surface area contributed by atoms with Gasteiger partial charge in [-0.15, -0.1) is 0 Å². The number of rotatable bonds is 5. The van der Waals surface area contributed by atoms with Crippen LogP contribution in [0.4, 0.5) is 0 Å². The monoisotopic (exact) mass is 437 g/mol. The topological polar surface area (TPSA) is 54.3 Å². The standard InChI is InChI=1S/C27H27N5O/c1-21-7-5-8-22(17-21)19-30-13-15-31(16-14-30)27(33)25-20-32(24-10-3-2-4-11-24)29-26(25)23-9-6-12-28-18-23/h2-12,17-18,20H,13-16,19H2,1H3. The van der Waals surface area contributed by atoms with E-state index in [1.165, 1.54) is 11.1 Å². The van der Waals surface area contributed by atoms with Crippen LogP contribution in [0.1, 0.15) is 21.5 Å². The molecule has 166 valence electrons. The first-order valence-corrected chi connectivity index (χ1v) is 11.3. The van der Waals surface area contributed by atoms with Crippen molar-refractivity contribution >= 4 is 5.91 Å². The van der Waals surface area contributed by atoms with Gasteiger partial charge in [0, 0.05) is 56.9 Å². The molecule has 1 saturated heterocycles. The van der Waals surface area contributed by atoms with Crippen molar-refractivity contribution in [1.29, 1.82) is 0 Å². The molecule has 0 spiro atoms. The lowest BCUT2D eigenvalue weighted by molar-refractivity contribution is 0.0629. The fourth-order valence-corrected chi connectivity index (χ4v) is 4.31. The van der Waals surface area contributed by atoms with E-state index in [4.69, 9.17) is 5.10 Å². The Morgan fingerprint density at radius 2 is 1.76 bits per heavy atom. The Bertz CT molecular complexity index is 1230. The Morgan fingerprint density at radius 3 is 2.48 bits per heavy atom. The van der Waals surface area contributed by atoms with Gasteiger partial charge in [-0.2, -0.15) is 5.10 Å². The molecule has 1 fully saturated rings. The van der Waals surface area contributed by atoms with Crippen LogP contribution in [0.5, 0.6) is 0 Å². The van der Waals surface area contributed by atoms with Crippen molar-refractivity contribution in [2.45, 2.75) is 13.5 Å². The summed E-state index contributed by atoms with van der Waals surface area (Å²) in [5.41, 5.74) is 5.63. The summed E-state index contributed by atoms with van der Waals surface area (Å²) >= 11 is 0. The SMILES string of the molecule is Cc1cccc(CN2CCN(C(=O)c3cn(-c4ccccc4)nc3-c3cccnc3)CC2)c1. The molecular weight excluding hydrogens is 410 g/mol. The number of hydrogen-bond donors (Lipinski definition) is 0. The second kappa shape index (κ2) is 9.38. The molecule has 0 radical (unpaired) electrons. The highest BCUT2D eigenvalue weighted by Gasteiger charge is 2.26. The van der Waals surface area contributed by atoms with E-state index < -0.39 is 0 Å². The summed E-state index contributed by atoms with van der Waals surface area (Å²) in [6.07, 6.45) is 5.33. The van der Waals surface area contributed by atoms with E-state index in [2.05, 4.69) is 41.1 Å². The lowest BCUT2D eigenvalue weighted by Gasteiger charge is -2.34. The number of benzene rings is 2. The molecule has 0 saturated carbocycles. The summed E-state index contributed by atoms with van der Waals surface area (Å²) in [6.45, 7) is 6.15. The predicted molar refractivity (Wildman–Crippen MR) is 129 cm³/mol.